The summed E-state index contributed by atoms with van der Waals surface area (Å²) in [5.41, 5.74) is 2.88. The van der Waals surface area contributed by atoms with E-state index in [-0.39, 0.29) is 0 Å². The van der Waals surface area contributed by atoms with E-state index in [1.807, 2.05) is 48.5 Å². The van der Waals surface area contributed by atoms with Crippen LogP contribution >= 0.6 is 11.6 Å². The Kier molecular flexibility index (Phi) is 15.5. The van der Waals surface area contributed by atoms with Crippen LogP contribution in [0.1, 0.15) is 107 Å². The fourth-order valence-corrected chi connectivity index (χ4v) is 4.18. The molecule has 0 spiro atoms. The molecule has 1 N–H and O–H groups in total. The number of nitriles is 1. The number of benzene rings is 2. The van der Waals surface area contributed by atoms with Gasteiger partial charge < -0.3 is 5.32 Å². The molecule has 3 heteroatoms. The van der Waals surface area contributed by atoms with Crippen LogP contribution in [0, 0.1) is 23.2 Å². The maximum absolute atomic E-state index is 8.82. The normalized spacial score (nSPS) is 10.4. The van der Waals surface area contributed by atoms with E-state index in [0.717, 1.165) is 29.2 Å². The molecule has 0 saturated carbocycles. The van der Waals surface area contributed by atoms with Crippen molar-refractivity contribution in [1.82, 2.24) is 0 Å². The summed E-state index contributed by atoms with van der Waals surface area (Å²) in [6, 6.07) is 17.6. The molecule has 0 aliphatic carbocycles. The van der Waals surface area contributed by atoms with Crippen LogP contribution in [0.3, 0.4) is 0 Å². The summed E-state index contributed by atoms with van der Waals surface area (Å²) in [7, 11) is 0. The Labute approximate surface area is 213 Å². The van der Waals surface area contributed by atoms with Crippen LogP contribution in [0.2, 0.25) is 5.02 Å². The molecule has 2 nitrogen and oxygen atoms in total. The molecule has 0 amide bonds. The lowest BCUT2D eigenvalue weighted by atomic mass is 10.0. The van der Waals surface area contributed by atoms with Crippen molar-refractivity contribution in [2.45, 2.75) is 96.3 Å². The van der Waals surface area contributed by atoms with Gasteiger partial charge in [-0.2, -0.15) is 5.26 Å². The van der Waals surface area contributed by atoms with E-state index >= 15 is 0 Å². The van der Waals surface area contributed by atoms with Gasteiger partial charge in [0, 0.05) is 29.2 Å². The second-order valence-corrected chi connectivity index (χ2v) is 9.56. The lowest BCUT2D eigenvalue weighted by Gasteiger charge is -2.06. The first-order valence-corrected chi connectivity index (χ1v) is 13.6. The molecule has 2 rings (SSSR count). The SMILES string of the molecule is N#Cc1ccc(NCCCCCCCCCCCCCCCCC#Cc2ccc(Cl)cc2)cc1. The van der Waals surface area contributed by atoms with Crippen LogP contribution < -0.4 is 5.32 Å². The van der Waals surface area contributed by atoms with Crippen molar-refractivity contribution in [3.63, 3.8) is 0 Å². The van der Waals surface area contributed by atoms with Crippen LogP contribution in [0.15, 0.2) is 48.5 Å². The van der Waals surface area contributed by atoms with Crippen molar-refractivity contribution >= 4 is 17.3 Å². The second-order valence-electron chi connectivity index (χ2n) is 9.12. The first-order valence-electron chi connectivity index (χ1n) is 13.3. The summed E-state index contributed by atoms with van der Waals surface area (Å²) in [6.07, 6.45) is 19.9. The van der Waals surface area contributed by atoms with Gasteiger partial charge in [0.05, 0.1) is 11.6 Å². The monoisotopic (exact) mass is 476 g/mol. The molecule has 2 aromatic carbocycles. The minimum atomic E-state index is 0.717. The van der Waals surface area contributed by atoms with Crippen molar-refractivity contribution in [3.05, 3.63) is 64.7 Å². The van der Waals surface area contributed by atoms with Gasteiger partial charge in [-0.05, 0) is 61.4 Å². The van der Waals surface area contributed by atoms with Crippen molar-refractivity contribution in [1.29, 1.82) is 5.26 Å². The Morgan fingerprint density at radius 2 is 1.06 bits per heavy atom. The standard InChI is InChI=1S/C31H41ClN2/c32-30-22-18-28(19-23-30)17-15-13-11-9-7-5-3-1-2-4-6-8-10-12-14-16-26-34-31-24-20-29(27-33)21-25-31/h18-25,34H,1-14,16,26H2. The third-order valence-corrected chi connectivity index (χ3v) is 6.40. The van der Waals surface area contributed by atoms with Crippen LogP contribution in [0.25, 0.3) is 0 Å². The molecule has 0 unspecified atom stereocenters. The lowest BCUT2D eigenvalue weighted by molar-refractivity contribution is 0.535. The van der Waals surface area contributed by atoms with Crippen LogP contribution in [0.5, 0.6) is 0 Å². The maximum atomic E-state index is 8.82. The Balaban J connectivity index is 1.27. The number of halogens is 1. The predicted molar refractivity (Wildman–Crippen MR) is 147 cm³/mol. The van der Waals surface area contributed by atoms with Crippen LogP contribution in [-0.4, -0.2) is 6.54 Å². The molecule has 0 saturated heterocycles. The van der Waals surface area contributed by atoms with Crippen LogP contribution in [-0.2, 0) is 0 Å². The van der Waals surface area contributed by atoms with E-state index in [1.54, 1.807) is 0 Å². The largest absolute Gasteiger partial charge is 0.385 e. The van der Waals surface area contributed by atoms with E-state index in [9.17, 15) is 0 Å². The predicted octanol–water partition coefficient (Wildman–Crippen LogP) is 9.53. The summed E-state index contributed by atoms with van der Waals surface area (Å²) in [5.74, 6) is 6.49. The number of rotatable bonds is 17. The fraction of sp³-hybridized carbons (Fsp3) is 0.516. The minimum absolute atomic E-state index is 0.717. The van der Waals surface area contributed by atoms with E-state index < -0.39 is 0 Å². The molecule has 0 radical (unpaired) electrons. The average molecular weight is 477 g/mol. The second kappa shape index (κ2) is 18.9. The molecule has 0 fully saturated rings. The molecule has 0 bridgehead atoms. The Hall–Kier alpha value is -2.42. The molecule has 0 aromatic heterocycles. The maximum Gasteiger partial charge on any atom is 0.0991 e. The molecule has 0 atom stereocenters. The number of nitrogens with one attached hydrogen (secondary N) is 1. The highest BCUT2D eigenvalue weighted by Crippen LogP contribution is 2.14. The van der Waals surface area contributed by atoms with Gasteiger partial charge in [-0.15, -0.1) is 0 Å². The molecular weight excluding hydrogens is 436 g/mol. The third kappa shape index (κ3) is 14.0. The zero-order valence-corrected chi connectivity index (χ0v) is 21.5. The molecule has 2 aromatic rings. The first kappa shape index (κ1) is 27.8. The number of hydrogen-bond acceptors (Lipinski definition) is 2. The van der Waals surface area contributed by atoms with Gasteiger partial charge in [-0.25, -0.2) is 0 Å². The number of unbranched alkanes of at least 4 members (excludes halogenated alkanes) is 14. The van der Waals surface area contributed by atoms with E-state index in [4.69, 9.17) is 16.9 Å². The molecule has 0 aliphatic rings. The molecule has 34 heavy (non-hydrogen) atoms. The highest BCUT2D eigenvalue weighted by Gasteiger charge is 1.96. The summed E-state index contributed by atoms with van der Waals surface area (Å²) >= 11 is 5.89. The molecular formula is C31H41ClN2. The zero-order valence-electron chi connectivity index (χ0n) is 20.8. The van der Waals surface area contributed by atoms with E-state index in [0.29, 0.717) is 5.56 Å². The summed E-state index contributed by atoms with van der Waals surface area (Å²) in [5, 5.41) is 13.0. The van der Waals surface area contributed by atoms with Gasteiger partial charge in [0.2, 0.25) is 0 Å². The Morgan fingerprint density at radius 1 is 0.588 bits per heavy atom. The van der Waals surface area contributed by atoms with Gasteiger partial charge in [-0.1, -0.05) is 100 Å². The Bertz CT molecular complexity index is 869. The number of anilines is 1. The Morgan fingerprint density at radius 3 is 1.59 bits per heavy atom. The van der Waals surface area contributed by atoms with Gasteiger partial charge in [0.1, 0.15) is 0 Å². The number of nitrogens with zero attached hydrogens (tertiary/aromatic N) is 1. The quantitative estimate of drug-likeness (QED) is 0.182. The van der Waals surface area contributed by atoms with Crippen molar-refractivity contribution in [2.75, 3.05) is 11.9 Å². The average Bonchev–Trinajstić information content (AvgIpc) is 2.87. The third-order valence-electron chi connectivity index (χ3n) is 6.15. The first-order chi connectivity index (χ1) is 16.8. The van der Waals surface area contributed by atoms with Gasteiger partial charge >= 0.3 is 0 Å². The van der Waals surface area contributed by atoms with Crippen LogP contribution in [0.4, 0.5) is 5.69 Å². The minimum Gasteiger partial charge on any atom is -0.385 e. The van der Waals surface area contributed by atoms with Gasteiger partial charge in [0.25, 0.3) is 0 Å². The van der Waals surface area contributed by atoms with E-state index in [1.165, 1.54) is 89.9 Å². The molecule has 0 aliphatic heterocycles. The van der Waals surface area contributed by atoms with Crippen molar-refractivity contribution in [2.24, 2.45) is 0 Å². The van der Waals surface area contributed by atoms with Crippen molar-refractivity contribution < 1.29 is 0 Å². The van der Waals surface area contributed by atoms with Crippen molar-refractivity contribution in [3.8, 4) is 17.9 Å². The van der Waals surface area contributed by atoms with E-state index in [2.05, 4.69) is 23.2 Å². The van der Waals surface area contributed by atoms with Gasteiger partial charge in [-0.3, -0.25) is 0 Å². The summed E-state index contributed by atoms with van der Waals surface area (Å²) in [4.78, 5) is 0. The topological polar surface area (TPSA) is 35.8 Å². The van der Waals surface area contributed by atoms with Gasteiger partial charge in [0.15, 0.2) is 0 Å². The highest BCUT2D eigenvalue weighted by atomic mass is 35.5. The smallest absolute Gasteiger partial charge is 0.0991 e. The summed E-state index contributed by atoms with van der Waals surface area (Å²) in [6.45, 7) is 1.02. The lowest BCUT2D eigenvalue weighted by Crippen LogP contribution is -2.01. The number of hydrogen-bond donors (Lipinski definition) is 1. The summed E-state index contributed by atoms with van der Waals surface area (Å²) < 4.78 is 0. The zero-order chi connectivity index (χ0) is 24.1. The highest BCUT2D eigenvalue weighted by molar-refractivity contribution is 6.30. The molecule has 182 valence electrons. The fourth-order valence-electron chi connectivity index (χ4n) is 4.05. The molecule has 0 heterocycles.